The zero-order valence-corrected chi connectivity index (χ0v) is 13.3. The Labute approximate surface area is 142 Å². The van der Waals surface area contributed by atoms with Crippen molar-refractivity contribution in [3.05, 3.63) is 82.8 Å². The topological polar surface area (TPSA) is 63.6 Å². The molecule has 0 spiro atoms. The molecule has 0 aliphatic heterocycles. The molecule has 0 fully saturated rings. The van der Waals surface area contributed by atoms with Crippen LogP contribution in [0.5, 0.6) is 0 Å². The molecule has 2 aromatic carbocycles. The van der Waals surface area contributed by atoms with Gasteiger partial charge >= 0.3 is 0 Å². The second kappa shape index (κ2) is 5.27. The molecule has 0 unspecified atom stereocenters. The van der Waals surface area contributed by atoms with Gasteiger partial charge in [-0.25, -0.2) is 0 Å². The fourth-order valence-electron chi connectivity index (χ4n) is 3.39. The number of benzene rings is 2. The molecule has 5 heteroatoms. The van der Waals surface area contributed by atoms with Crippen LogP contribution in [0.15, 0.2) is 71.7 Å². The molecule has 0 amide bonds. The number of nitrogens with one attached hydrogen (secondary N) is 1. The van der Waals surface area contributed by atoms with Gasteiger partial charge in [0.25, 0.3) is 5.56 Å². The lowest BCUT2D eigenvalue weighted by Gasteiger charge is -2.07. The Morgan fingerprint density at radius 2 is 1.64 bits per heavy atom. The van der Waals surface area contributed by atoms with E-state index in [0.717, 1.165) is 33.0 Å². The number of hydrogen-bond acceptors (Lipinski definition) is 3. The van der Waals surface area contributed by atoms with Crippen LogP contribution in [0, 0.1) is 0 Å². The summed E-state index contributed by atoms with van der Waals surface area (Å²) in [6.07, 6.45) is 1.80. The molecule has 120 valence electrons. The molecule has 5 rings (SSSR count). The minimum Gasteiger partial charge on any atom is -0.347 e. The van der Waals surface area contributed by atoms with Crippen molar-refractivity contribution in [1.29, 1.82) is 0 Å². The second-order valence-corrected chi connectivity index (χ2v) is 6.06. The van der Waals surface area contributed by atoms with Crippen LogP contribution in [-0.2, 0) is 6.54 Å². The molecular formula is C20H14N4O. The van der Waals surface area contributed by atoms with Gasteiger partial charge in [0.2, 0.25) is 0 Å². The Kier molecular flexibility index (Phi) is 2.94. The molecule has 5 nitrogen and oxygen atoms in total. The highest BCUT2D eigenvalue weighted by Crippen LogP contribution is 2.26. The summed E-state index contributed by atoms with van der Waals surface area (Å²) in [6.45, 7) is 0.480. The van der Waals surface area contributed by atoms with Gasteiger partial charge in [-0.3, -0.25) is 9.36 Å². The maximum atomic E-state index is 13.3. The van der Waals surface area contributed by atoms with Crippen LogP contribution >= 0.6 is 0 Å². The third-order valence-electron chi connectivity index (χ3n) is 4.56. The van der Waals surface area contributed by atoms with Crippen molar-refractivity contribution >= 4 is 32.8 Å². The summed E-state index contributed by atoms with van der Waals surface area (Å²) in [5.41, 5.74) is 3.30. The van der Waals surface area contributed by atoms with E-state index in [1.807, 2.05) is 60.7 Å². The molecule has 0 atom stereocenters. The molecule has 1 N–H and O–H groups in total. The molecule has 3 heterocycles. The second-order valence-electron chi connectivity index (χ2n) is 6.06. The van der Waals surface area contributed by atoms with Gasteiger partial charge in [0.05, 0.1) is 11.9 Å². The first-order valence-electron chi connectivity index (χ1n) is 8.12. The molecule has 25 heavy (non-hydrogen) atoms. The lowest BCUT2D eigenvalue weighted by molar-refractivity contribution is 0.793. The van der Waals surface area contributed by atoms with Crippen LogP contribution in [0.3, 0.4) is 0 Å². The van der Waals surface area contributed by atoms with Gasteiger partial charge in [0, 0.05) is 17.0 Å². The van der Waals surface area contributed by atoms with Crippen LogP contribution in [0.1, 0.15) is 5.56 Å². The van der Waals surface area contributed by atoms with Crippen molar-refractivity contribution in [2.45, 2.75) is 6.54 Å². The van der Waals surface area contributed by atoms with Crippen molar-refractivity contribution < 1.29 is 0 Å². The smallest absolute Gasteiger partial charge is 0.260 e. The van der Waals surface area contributed by atoms with Gasteiger partial charge in [-0.15, -0.1) is 10.2 Å². The summed E-state index contributed by atoms with van der Waals surface area (Å²) in [4.78, 5) is 16.5. The normalized spacial score (nSPS) is 11.5. The number of pyridine rings is 1. The van der Waals surface area contributed by atoms with E-state index in [0.29, 0.717) is 11.9 Å². The third-order valence-corrected chi connectivity index (χ3v) is 4.56. The summed E-state index contributed by atoms with van der Waals surface area (Å²) in [5.74, 6) is 0. The Morgan fingerprint density at radius 3 is 2.48 bits per heavy atom. The zero-order valence-electron chi connectivity index (χ0n) is 13.3. The SMILES string of the molecule is O=c1c2ccccc2c2nnc3cc[nH]c(c32)n1Cc1ccccc1. The van der Waals surface area contributed by atoms with Crippen LogP contribution in [0.25, 0.3) is 32.8 Å². The predicted molar refractivity (Wildman–Crippen MR) is 98.7 cm³/mol. The van der Waals surface area contributed by atoms with E-state index in [9.17, 15) is 4.79 Å². The number of fused-ring (bicyclic) bond motifs is 2. The fourth-order valence-corrected chi connectivity index (χ4v) is 3.39. The Balaban J connectivity index is 2.00. The Morgan fingerprint density at radius 1 is 0.880 bits per heavy atom. The minimum absolute atomic E-state index is 0.0406. The van der Waals surface area contributed by atoms with Crippen LogP contribution in [-0.4, -0.2) is 19.7 Å². The summed E-state index contributed by atoms with van der Waals surface area (Å²) < 4.78 is 1.77. The lowest BCUT2D eigenvalue weighted by atomic mass is 10.1. The fraction of sp³-hybridized carbons (Fsp3) is 0.0500. The van der Waals surface area contributed by atoms with Crippen LogP contribution in [0.2, 0.25) is 0 Å². The van der Waals surface area contributed by atoms with Gasteiger partial charge in [0.15, 0.2) is 0 Å². The maximum absolute atomic E-state index is 13.3. The monoisotopic (exact) mass is 326 g/mol. The van der Waals surface area contributed by atoms with E-state index in [-0.39, 0.29) is 5.56 Å². The first-order valence-corrected chi connectivity index (χ1v) is 8.12. The number of aromatic nitrogens is 4. The van der Waals surface area contributed by atoms with Gasteiger partial charge in [-0.1, -0.05) is 48.5 Å². The van der Waals surface area contributed by atoms with Gasteiger partial charge in [0.1, 0.15) is 16.7 Å². The summed E-state index contributed by atoms with van der Waals surface area (Å²) in [6, 6.07) is 19.4. The lowest BCUT2D eigenvalue weighted by Crippen LogP contribution is -2.19. The maximum Gasteiger partial charge on any atom is 0.260 e. The number of hydrogen-bond donors (Lipinski definition) is 1. The predicted octanol–water partition coefficient (Wildman–Crippen LogP) is 3.47. The molecule has 3 aromatic heterocycles. The van der Waals surface area contributed by atoms with Crippen molar-refractivity contribution in [2.75, 3.05) is 0 Å². The van der Waals surface area contributed by atoms with E-state index < -0.39 is 0 Å². The molecular weight excluding hydrogens is 312 g/mol. The average Bonchev–Trinajstić information content (AvgIpc) is 3.07. The van der Waals surface area contributed by atoms with Crippen molar-refractivity contribution in [2.24, 2.45) is 0 Å². The van der Waals surface area contributed by atoms with Gasteiger partial charge in [-0.2, -0.15) is 0 Å². The molecule has 0 aliphatic carbocycles. The summed E-state index contributed by atoms with van der Waals surface area (Å²) in [5, 5.41) is 11.0. The van der Waals surface area contributed by atoms with E-state index in [2.05, 4.69) is 15.2 Å². The van der Waals surface area contributed by atoms with Crippen LogP contribution in [0.4, 0.5) is 0 Å². The van der Waals surface area contributed by atoms with Crippen molar-refractivity contribution in [3.63, 3.8) is 0 Å². The molecule has 0 aliphatic rings. The van der Waals surface area contributed by atoms with Crippen molar-refractivity contribution in [1.82, 2.24) is 19.7 Å². The Hall–Kier alpha value is -3.47. The first-order chi connectivity index (χ1) is 12.3. The molecule has 0 radical (unpaired) electrons. The standard InChI is InChI=1S/C20H14N4O/c25-20-15-9-5-4-8-14(15)18-17-16(22-23-18)10-11-21-19(17)24(20)12-13-6-2-1-3-7-13/h1-11,21H,12H2. The summed E-state index contributed by atoms with van der Waals surface area (Å²) in [7, 11) is 0. The van der Waals surface area contributed by atoms with Crippen molar-refractivity contribution in [3.8, 4) is 0 Å². The highest BCUT2D eigenvalue weighted by molar-refractivity contribution is 6.14. The minimum atomic E-state index is -0.0406. The number of rotatable bonds is 2. The molecule has 0 bridgehead atoms. The average molecular weight is 326 g/mol. The van der Waals surface area contributed by atoms with Crippen LogP contribution < -0.4 is 5.56 Å². The zero-order chi connectivity index (χ0) is 16.8. The van der Waals surface area contributed by atoms with E-state index in [1.165, 1.54) is 0 Å². The van der Waals surface area contributed by atoms with Gasteiger partial charge < -0.3 is 4.98 Å². The Bertz CT molecular complexity index is 1290. The summed E-state index contributed by atoms with van der Waals surface area (Å²) >= 11 is 0. The largest absolute Gasteiger partial charge is 0.347 e. The van der Waals surface area contributed by atoms with E-state index in [4.69, 9.17) is 0 Å². The number of H-pyrrole nitrogens is 1. The highest BCUT2D eigenvalue weighted by atomic mass is 16.1. The number of aromatic amines is 1. The highest BCUT2D eigenvalue weighted by Gasteiger charge is 2.15. The van der Waals surface area contributed by atoms with E-state index in [1.54, 1.807) is 10.8 Å². The van der Waals surface area contributed by atoms with Gasteiger partial charge in [-0.05, 0) is 17.7 Å². The van der Waals surface area contributed by atoms with E-state index >= 15 is 0 Å². The molecule has 0 saturated carbocycles. The molecule has 0 saturated heterocycles. The number of nitrogens with zero attached hydrogens (tertiary/aromatic N) is 3. The first kappa shape index (κ1) is 13.9. The quantitative estimate of drug-likeness (QED) is 0.540. The third kappa shape index (κ3) is 2.06. The molecule has 5 aromatic rings.